The number of rotatable bonds is 4. The van der Waals surface area contributed by atoms with Crippen molar-refractivity contribution in [2.24, 2.45) is 4.99 Å². The van der Waals surface area contributed by atoms with Crippen molar-refractivity contribution in [1.29, 1.82) is 0 Å². The maximum absolute atomic E-state index is 13.4. The summed E-state index contributed by atoms with van der Waals surface area (Å²) < 4.78 is 1.99. The Morgan fingerprint density at radius 1 is 1.09 bits per heavy atom. The molecule has 9 heteroatoms. The summed E-state index contributed by atoms with van der Waals surface area (Å²) in [5, 5.41) is 21.5. The highest BCUT2D eigenvalue weighted by molar-refractivity contribution is 7.07. The van der Waals surface area contributed by atoms with Crippen LogP contribution in [0.3, 0.4) is 0 Å². The van der Waals surface area contributed by atoms with E-state index in [0.717, 1.165) is 16.8 Å². The Balaban J connectivity index is 1.71. The van der Waals surface area contributed by atoms with E-state index < -0.39 is 22.4 Å². The van der Waals surface area contributed by atoms with Crippen molar-refractivity contribution in [3.05, 3.63) is 130 Å². The van der Waals surface area contributed by atoms with E-state index in [9.17, 15) is 20.0 Å². The van der Waals surface area contributed by atoms with E-state index in [1.807, 2.05) is 48.5 Å². The average molecular weight is 490 g/mol. The number of nitro benzene ring substituents is 1. The number of aromatic hydroxyl groups is 1. The Labute approximate surface area is 202 Å². The maximum atomic E-state index is 13.4. The van der Waals surface area contributed by atoms with Gasteiger partial charge >= 0.3 is 5.69 Å². The summed E-state index contributed by atoms with van der Waals surface area (Å²) in [6, 6.07) is 20.6. The second kappa shape index (κ2) is 8.74. The predicted molar refractivity (Wildman–Crippen MR) is 132 cm³/mol. The number of phenolic OH excluding ortho intramolecular Hbond substituents is 1. The van der Waals surface area contributed by atoms with Crippen LogP contribution in [-0.2, 0) is 0 Å². The van der Waals surface area contributed by atoms with Crippen molar-refractivity contribution >= 4 is 40.4 Å². The smallest absolute Gasteiger partial charge is 0.311 e. The molecule has 0 fully saturated rings. The summed E-state index contributed by atoms with van der Waals surface area (Å²) in [7, 11) is 0. The Morgan fingerprint density at radius 2 is 1.82 bits per heavy atom. The number of benzene rings is 3. The van der Waals surface area contributed by atoms with Crippen LogP contribution in [0.1, 0.15) is 22.7 Å². The van der Waals surface area contributed by atoms with Gasteiger partial charge < -0.3 is 5.11 Å². The number of fused-ring (bicyclic) bond motifs is 1. The van der Waals surface area contributed by atoms with E-state index in [-0.39, 0.29) is 5.56 Å². The van der Waals surface area contributed by atoms with Crippen LogP contribution >= 0.6 is 22.9 Å². The van der Waals surface area contributed by atoms with Gasteiger partial charge in [0, 0.05) is 11.1 Å². The molecule has 1 aromatic heterocycles. The van der Waals surface area contributed by atoms with Crippen molar-refractivity contribution in [1.82, 2.24) is 4.57 Å². The van der Waals surface area contributed by atoms with Crippen molar-refractivity contribution in [2.75, 3.05) is 0 Å². The zero-order chi connectivity index (χ0) is 23.8. The first-order chi connectivity index (χ1) is 16.4. The van der Waals surface area contributed by atoms with Crippen molar-refractivity contribution in [3.8, 4) is 5.75 Å². The molecule has 1 unspecified atom stereocenters. The van der Waals surface area contributed by atoms with E-state index in [2.05, 4.69) is 0 Å². The molecule has 1 aliphatic rings. The van der Waals surface area contributed by atoms with Crippen LogP contribution < -0.4 is 14.9 Å². The minimum absolute atomic E-state index is 0.261. The molecular weight excluding hydrogens is 474 g/mol. The third-order valence-corrected chi connectivity index (χ3v) is 6.66. The Kier molecular flexibility index (Phi) is 5.61. The minimum Gasteiger partial charge on any atom is -0.502 e. The summed E-state index contributed by atoms with van der Waals surface area (Å²) in [5.74, 6) is -0.432. The molecule has 0 saturated heterocycles. The molecule has 4 aromatic rings. The summed E-state index contributed by atoms with van der Waals surface area (Å²) >= 11 is 7.28. The van der Waals surface area contributed by atoms with E-state index in [1.165, 1.54) is 29.5 Å². The van der Waals surface area contributed by atoms with E-state index >= 15 is 0 Å². The highest BCUT2D eigenvalue weighted by Gasteiger charge is 2.22. The first-order valence-electron chi connectivity index (χ1n) is 10.2. The molecule has 3 aromatic carbocycles. The van der Waals surface area contributed by atoms with Crippen LogP contribution in [0, 0.1) is 10.1 Å². The number of nitro groups is 1. The van der Waals surface area contributed by atoms with Crippen LogP contribution in [0.15, 0.2) is 88.7 Å². The number of halogens is 1. The molecule has 1 aliphatic heterocycles. The lowest BCUT2D eigenvalue weighted by atomic mass is 10.0. The van der Waals surface area contributed by atoms with Gasteiger partial charge in [-0.25, -0.2) is 4.99 Å². The number of thiazole rings is 1. The van der Waals surface area contributed by atoms with Gasteiger partial charge in [0.2, 0.25) is 0 Å². The van der Waals surface area contributed by atoms with E-state index in [0.29, 0.717) is 19.9 Å². The van der Waals surface area contributed by atoms with Crippen LogP contribution in [0.25, 0.3) is 11.8 Å². The predicted octanol–water partition coefficient (Wildman–Crippen LogP) is 4.27. The van der Waals surface area contributed by atoms with Crippen LogP contribution in [0.4, 0.5) is 5.69 Å². The highest BCUT2D eigenvalue weighted by Crippen LogP contribution is 2.28. The van der Waals surface area contributed by atoms with Crippen molar-refractivity contribution in [2.45, 2.75) is 6.04 Å². The van der Waals surface area contributed by atoms with Gasteiger partial charge in [-0.15, -0.1) is 0 Å². The van der Waals surface area contributed by atoms with Gasteiger partial charge in [-0.3, -0.25) is 19.5 Å². The average Bonchev–Trinajstić information content (AvgIpc) is 3.15. The summed E-state index contributed by atoms with van der Waals surface area (Å²) in [5.41, 5.74) is 2.29. The number of aromatic nitrogens is 1. The molecule has 7 nitrogen and oxygen atoms in total. The Bertz CT molecular complexity index is 1620. The molecule has 1 atom stereocenters. The van der Waals surface area contributed by atoms with Gasteiger partial charge in [0.1, 0.15) is 0 Å². The normalized spacial score (nSPS) is 15.4. The standard InChI is InChI=1S/C25H16ClN3O4S/c26-18-9-7-17(8-10-18)20-14-19(16-4-2-1-3-5-16)27-25-28(20)24(31)23(34-25)13-15-6-11-22(30)21(12-15)29(32)33/h1-14,20,30H. The third kappa shape index (κ3) is 4.05. The van der Waals surface area contributed by atoms with E-state index in [1.54, 1.807) is 22.8 Å². The molecule has 2 heterocycles. The topological polar surface area (TPSA) is 97.7 Å². The lowest BCUT2D eigenvalue weighted by Gasteiger charge is -2.19. The lowest BCUT2D eigenvalue weighted by Crippen LogP contribution is -2.36. The summed E-state index contributed by atoms with van der Waals surface area (Å²) in [4.78, 5) is 29.2. The zero-order valence-corrected chi connectivity index (χ0v) is 19.0. The molecule has 0 aliphatic carbocycles. The van der Waals surface area contributed by atoms with Crippen molar-refractivity contribution < 1.29 is 10.0 Å². The minimum atomic E-state index is -0.666. The molecule has 5 rings (SSSR count). The second-order valence-electron chi connectivity index (χ2n) is 7.60. The van der Waals surface area contributed by atoms with Crippen LogP contribution in [0.5, 0.6) is 5.75 Å². The quantitative estimate of drug-likeness (QED) is 0.342. The first-order valence-corrected chi connectivity index (χ1v) is 11.4. The van der Waals surface area contributed by atoms with Crippen LogP contribution in [-0.4, -0.2) is 14.6 Å². The summed E-state index contributed by atoms with van der Waals surface area (Å²) in [6.07, 6.45) is 3.51. The molecular formula is C25H16ClN3O4S. The number of hydrogen-bond acceptors (Lipinski definition) is 6. The summed E-state index contributed by atoms with van der Waals surface area (Å²) in [6.45, 7) is 0. The lowest BCUT2D eigenvalue weighted by molar-refractivity contribution is -0.385. The fourth-order valence-electron chi connectivity index (χ4n) is 3.78. The van der Waals surface area contributed by atoms with E-state index in [4.69, 9.17) is 16.6 Å². The fraction of sp³-hybridized carbons (Fsp3) is 0.0400. The van der Waals surface area contributed by atoms with Gasteiger partial charge in [0.25, 0.3) is 5.56 Å². The fourth-order valence-corrected chi connectivity index (χ4v) is 4.92. The number of allylic oxidation sites excluding steroid dienone is 1. The molecule has 0 spiro atoms. The second-order valence-corrected chi connectivity index (χ2v) is 9.05. The molecule has 0 radical (unpaired) electrons. The van der Waals surface area contributed by atoms with Crippen LogP contribution in [0.2, 0.25) is 5.02 Å². The molecule has 0 saturated carbocycles. The van der Waals surface area contributed by atoms with Gasteiger partial charge in [-0.05, 0) is 47.0 Å². The molecule has 0 amide bonds. The highest BCUT2D eigenvalue weighted by atomic mass is 35.5. The van der Waals surface area contributed by atoms with Gasteiger partial charge in [0.15, 0.2) is 10.6 Å². The molecule has 0 bridgehead atoms. The molecule has 34 heavy (non-hydrogen) atoms. The number of phenols is 1. The zero-order valence-electron chi connectivity index (χ0n) is 17.5. The van der Waals surface area contributed by atoms with Crippen molar-refractivity contribution in [3.63, 3.8) is 0 Å². The third-order valence-electron chi connectivity index (χ3n) is 5.42. The van der Waals surface area contributed by atoms with Gasteiger partial charge in [0.05, 0.1) is 21.2 Å². The monoisotopic (exact) mass is 489 g/mol. The maximum Gasteiger partial charge on any atom is 0.311 e. The Morgan fingerprint density at radius 3 is 2.53 bits per heavy atom. The molecule has 1 N–H and O–H groups in total. The van der Waals surface area contributed by atoms with Gasteiger partial charge in [-0.1, -0.05) is 71.5 Å². The first kappa shape index (κ1) is 21.8. The Hall–Kier alpha value is -4.01. The number of hydrogen-bond donors (Lipinski definition) is 1. The number of nitrogens with zero attached hydrogens (tertiary/aromatic N) is 3. The molecule has 168 valence electrons. The largest absolute Gasteiger partial charge is 0.502 e. The SMILES string of the molecule is O=c1c(=Cc2ccc(O)c([N+](=O)[O-])c2)sc2n1C(c1ccc(Cl)cc1)C=C(c1ccccc1)N=2. The van der Waals surface area contributed by atoms with Gasteiger partial charge in [-0.2, -0.15) is 0 Å².